The van der Waals surface area contributed by atoms with E-state index in [-0.39, 0.29) is 0 Å². The Hall–Kier alpha value is -0.470. The zero-order chi connectivity index (χ0) is 11.8. The van der Waals surface area contributed by atoms with E-state index in [4.69, 9.17) is 4.74 Å². The molecule has 0 aliphatic rings. The van der Waals surface area contributed by atoms with Gasteiger partial charge in [-0.3, -0.25) is 0 Å². The number of ether oxygens (including phenoxy) is 1. The zero-order valence-electron chi connectivity index (χ0n) is 10.5. The summed E-state index contributed by atoms with van der Waals surface area (Å²) in [5.41, 5.74) is 1.42. The molecule has 0 heterocycles. The molecule has 0 saturated heterocycles. The molecule has 0 aromatic heterocycles. The van der Waals surface area contributed by atoms with Crippen LogP contribution in [0.1, 0.15) is 25.8 Å². The predicted molar refractivity (Wildman–Crippen MR) is 72.2 cm³/mol. The minimum atomic E-state index is 0.639. The lowest BCUT2D eigenvalue weighted by Crippen LogP contribution is -2.03. The number of thioether (sulfide) groups is 1. The first kappa shape index (κ1) is 13.6. The highest BCUT2D eigenvalue weighted by Gasteiger charge is 1.97. The van der Waals surface area contributed by atoms with Crippen molar-refractivity contribution in [1.82, 2.24) is 0 Å². The lowest BCUT2D eigenvalue weighted by atomic mass is 10.1. The average molecular weight is 238 g/mol. The van der Waals surface area contributed by atoms with Gasteiger partial charge in [-0.1, -0.05) is 26.0 Å². The van der Waals surface area contributed by atoms with E-state index in [0.29, 0.717) is 5.92 Å². The van der Waals surface area contributed by atoms with E-state index in [1.165, 1.54) is 10.5 Å². The molecule has 0 amide bonds. The molecule has 0 atom stereocenters. The smallest absolute Gasteiger partial charge is 0.0488 e. The van der Waals surface area contributed by atoms with Gasteiger partial charge >= 0.3 is 0 Å². The Morgan fingerprint density at radius 3 is 2.81 bits per heavy atom. The minimum absolute atomic E-state index is 0.639. The Bertz CT molecular complexity index is 297. The summed E-state index contributed by atoms with van der Waals surface area (Å²) >= 11 is 1.80. The Balaban J connectivity index is 2.21. The van der Waals surface area contributed by atoms with Gasteiger partial charge in [-0.25, -0.2) is 0 Å². The van der Waals surface area contributed by atoms with Crippen LogP contribution in [0, 0.1) is 5.92 Å². The molecule has 0 saturated carbocycles. The van der Waals surface area contributed by atoms with Crippen molar-refractivity contribution in [2.45, 2.75) is 31.6 Å². The molecule has 0 spiro atoms. The molecule has 90 valence electrons. The van der Waals surface area contributed by atoms with Gasteiger partial charge in [0.05, 0.1) is 0 Å². The van der Waals surface area contributed by atoms with E-state index in [1.54, 1.807) is 11.8 Å². The maximum Gasteiger partial charge on any atom is 0.0488 e. The Morgan fingerprint density at radius 2 is 2.12 bits per heavy atom. The van der Waals surface area contributed by atoms with Crippen molar-refractivity contribution in [2.75, 3.05) is 19.5 Å². The van der Waals surface area contributed by atoms with Crippen LogP contribution < -0.4 is 0 Å². The number of hydrogen-bond donors (Lipinski definition) is 0. The largest absolute Gasteiger partial charge is 0.381 e. The first-order valence-electron chi connectivity index (χ1n) is 5.93. The number of aryl methyl sites for hydroxylation is 1. The first-order chi connectivity index (χ1) is 7.72. The fourth-order valence-electron chi connectivity index (χ4n) is 1.53. The molecule has 0 fully saturated rings. The van der Waals surface area contributed by atoms with E-state index >= 15 is 0 Å². The second kappa shape index (κ2) is 7.75. The van der Waals surface area contributed by atoms with E-state index in [1.807, 2.05) is 0 Å². The average Bonchev–Trinajstić information content (AvgIpc) is 2.28. The van der Waals surface area contributed by atoms with Gasteiger partial charge in [-0.2, -0.15) is 0 Å². The van der Waals surface area contributed by atoms with Gasteiger partial charge in [-0.15, -0.1) is 11.8 Å². The third kappa shape index (κ3) is 5.57. The molecule has 0 aliphatic carbocycles. The van der Waals surface area contributed by atoms with E-state index in [9.17, 15) is 0 Å². The van der Waals surface area contributed by atoms with Crippen molar-refractivity contribution in [3.8, 4) is 0 Å². The fraction of sp³-hybridized carbons (Fsp3) is 0.571. The minimum Gasteiger partial charge on any atom is -0.381 e. The monoisotopic (exact) mass is 238 g/mol. The van der Waals surface area contributed by atoms with Crippen LogP contribution in [-0.4, -0.2) is 19.5 Å². The van der Waals surface area contributed by atoms with Gasteiger partial charge in [0.1, 0.15) is 0 Å². The summed E-state index contributed by atoms with van der Waals surface area (Å²) in [6, 6.07) is 8.76. The van der Waals surface area contributed by atoms with Crippen LogP contribution in [0.25, 0.3) is 0 Å². The Kier molecular flexibility index (Phi) is 6.58. The van der Waals surface area contributed by atoms with Gasteiger partial charge in [0.2, 0.25) is 0 Å². The number of benzene rings is 1. The molecule has 0 aliphatic heterocycles. The molecular weight excluding hydrogens is 216 g/mol. The van der Waals surface area contributed by atoms with E-state index in [0.717, 1.165) is 26.1 Å². The van der Waals surface area contributed by atoms with Gasteiger partial charge in [0.15, 0.2) is 0 Å². The van der Waals surface area contributed by atoms with Crippen molar-refractivity contribution in [1.29, 1.82) is 0 Å². The topological polar surface area (TPSA) is 9.23 Å². The third-order valence-electron chi connectivity index (χ3n) is 2.34. The number of rotatable bonds is 7. The van der Waals surface area contributed by atoms with Crippen LogP contribution in [0.4, 0.5) is 0 Å². The molecule has 0 N–H and O–H groups in total. The summed E-state index contributed by atoms with van der Waals surface area (Å²) in [6.07, 6.45) is 4.35. The summed E-state index contributed by atoms with van der Waals surface area (Å²) in [5, 5.41) is 0. The summed E-state index contributed by atoms with van der Waals surface area (Å²) in [5.74, 6) is 0.639. The lowest BCUT2D eigenvalue weighted by Gasteiger charge is -2.07. The van der Waals surface area contributed by atoms with Crippen LogP contribution in [0.2, 0.25) is 0 Å². The SMILES string of the molecule is CSc1cccc(CCCOCC(C)C)c1. The highest BCUT2D eigenvalue weighted by molar-refractivity contribution is 7.98. The molecule has 0 radical (unpaired) electrons. The molecule has 1 aromatic rings. The van der Waals surface area contributed by atoms with Crippen molar-refractivity contribution in [2.24, 2.45) is 5.92 Å². The molecule has 0 bridgehead atoms. The highest BCUT2D eigenvalue weighted by atomic mass is 32.2. The zero-order valence-corrected chi connectivity index (χ0v) is 11.3. The second-order valence-corrected chi connectivity index (χ2v) is 5.30. The molecule has 1 aromatic carbocycles. The van der Waals surface area contributed by atoms with Crippen molar-refractivity contribution in [3.05, 3.63) is 29.8 Å². The molecular formula is C14H22OS. The van der Waals surface area contributed by atoms with Crippen LogP contribution in [-0.2, 0) is 11.2 Å². The second-order valence-electron chi connectivity index (χ2n) is 4.42. The molecule has 1 rings (SSSR count). The first-order valence-corrected chi connectivity index (χ1v) is 7.15. The summed E-state index contributed by atoms with van der Waals surface area (Å²) in [7, 11) is 0. The normalized spacial score (nSPS) is 11.0. The molecule has 2 heteroatoms. The maximum atomic E-state index is 5.57. The third-order valence-corrected chi connectivity index (χ3v) is 3.06. The van der Waals surface area contributed by atoms with Crippen LogP contribution >= 0.6 is 11.8 Å². The highest BCUT2D eigenvalue weighted by Crippen LogP contribution is 2.16. The molecule has 0 unspecified atom stereocenters. The fourth-order valence-corrected chi connectivity index (χ4v) is 2.01. The van der Waals surface area contributed by atoms with Crippen molar-refractivity contribution >= 4 is 11.8 Å². The Morgan fingerprint density at radius 1 is 1.31 bits per heavy atom. The van der Waals surface area contributed by atoms with Crippen LogP contribution in [0.5, 0.6) is 0 Å². The van der Waals surface area contributed by atoms with Gasteiger partial charge < -0.3 is 4.74 Å². The quantitative estimate of drug-likeness (QED) is 0.524. The van der Waals surface area contributed by atoms with Gasteiger partial charge in [0, 0.05) is 18.1 Å². The lowest BCUT2D eigenvalue weighted by molar-refractivity contribution is 0.108. The number of hydrogen-bond acceptors (Lipinski definition) is 2. The standard InChI is InChI=1S/C14H22OS/c1-12(2)11-15-9-5-7-13-6-4-8-14(10-13)16-3/h4,6,8,10,12H,5,7,9,11H2,1-3H3. The Labute approximate surface area is 104 Å². The summed E-state index contributed by atoms with van der Waals surface area (Å²) in [6.45, 7) is 6.12. The van der Waals surface area contributed by atoms with Crippen molar-refractivity contribution in [3.63, 3.8) is 0 Å². The predicted octanol–water partition coefficient (Wildman–Crippen LogP) is 4.01. The van der Waals surface area contributed by atoms with Crippen molar-refractivity contribution < 1.29 is 4.74 Å². The van der Waals surface area contributed by atoms with Crippen LogP contribution in [0.3, 0.4) is 0 Å². The van der Waals surface area contributed by atoms with E-state index in [2.05, 4.69) is 44.4 Å². The van der Waals surface area contributed by atoms with Gasteiger partial charge in [-0.05, 0) is 42.7 Å². The van der Waals surface area contributed by atoms with E-state index < -0.39 is 0 Å². The molecule has 16 heavy (non-hydrogen) atoms. The molecule has 1 nitrogen and oxygen atoms in total. The maximum absolute atomic E-state index is 5.57. The van der Waals surface area contributed by atoms with Crippen LogP contribution in [0.15, 0.2) is 29.2 Å². The van der Waals surface area contributed by atoms with Gasteiger partial charge in [0.25, 0.3) is 0 Å². The summed E-state index contributed by atoms with van der Waals surface area (Å²) < 4.78 is 5.57. The summed E-state index contributed by atoms with van der Waals surface area (Å²) in [4.78, 5) is 1.35.